The van der Waals surface area contributed by atoms with Gasteiger partial charge in [-0.25, -0.2) is 0 Å². The molecule has 2 unspecified atom stereocenters. The van der Waals surface area contributed by atoms with Gasteiger partial charge in [-0.05, 0) is 123 Å². The third-order valence-corrected chi connectivity index (χ3v) is 13.3. The quantitative estimate of drug-likeness (QED) is 0.236. The van der Waals surface area contributed by atoms with Gasteiger partial charge in [-0.15, -0.1) is 0 Å². The van der Waals surface area contributed by atoms with Gasteiger partial charge in [0.25, 0.3) is 0 Å². The molecule has 0 heterocycles. The average molecular weight is 603 g/mol. The van der Waals surface area contributed by atoms with E-state index in [1.807, 2.05) is 0 Å². The Balaban J connectivity index is 1.40. The normalized spacial score (nSPS) is 43.1. The van der Waals surface area contributed by atoms with Crippen molar-refractivity contribution in [2.45, 2.75) is 113 Å². The van der Waals surface area contributed by atoms with Crippen LogP contribution < -0.4 is 0 Å². The van der Waals surface area contributed by atoms with E-state index in [4.69, 9.17) is 4.74 Å². The zero-order valence-corrected chi connectivity index (χ0v) is 23.4. The molecule has 0 radical (unpaired) electrons. The molecule has 0 aliphatic heterocycles. The van der Waals surface area contributed by atoms with E-state index >= 15 is 17.6 Å². The van der Waals surface area contributed by atoms with Gasteiger partial charge in [-0.1, -0.05) is 0 Å². The van der Waals surface area contributed by atoms with Crippen molar-refractivity contribution in [2.75, 3.05) is 0 Å². The van der Waals surface area contributed by atoms with Crippen LogP contribution in [0.1, 0.15) is 89.9 Å². The molecule has 0 amide bonds. The van der Waals surface area contributed by atoms with Crippen molar-refractivity contribution in [3.8, 4) is 0 Å². The van der Waals surface area contributed by atoms with Crippen LogP contribution in [-0.2, 0) is 25.0 Å². The van der Waals surface area contributed by atoms with Crippen molar-refractivity contribution in [3.05, 3.63) is 0 Å². The molecule has 8 saturated carbocycles. The van der Waals surface area contributed by atoms with Gasteiger partial charge in [-0.3, -0.25) is 9.11 Å². The predicted octanol–water partition coefficient (Wildman–Crippen LogP) is 5.91. The smallest absolute Gasteiger partial charge is 0.372 e. The van der Waals surface area contributed by atoms with E-state index in [1.165, 1.54) is 0 Å². The molecular weight excluding hydrogens is 564 g/mol. The molecule has 8 bridgehead atoms. The Kier molecular flexibility index (Phi) is 6.60. The minimum Gasteiger partial charge on any atom is -0.373 e. The van der Waals surface area contributed by atoms with Gasteiger partial charge in [-0.2, -0.15) is 34.4 Å². The molecule has 2 atom stereocenters. The second kappa shape index (κ2) is 9.00. The van der Waals surface area contributed by atoms with E-state index in [9.17, 15) is 25.9 Å². The zero-order valence-electron chi connectivity index (χ0n) is 21.8. The maximum Gasteiger partial charge on any atom is 0.372 e. The van der Waals surface area contributed by atoms with Crippen molar-refractivity contribution in [1.29, 1.82) is 0 Å². The minimum atomic E-state index is -5.81. The monoisotopic (exact) mass is 602 g/mol. The second-order valence-corrected chi connectivity index (χ2v) is 17.4. The van der Waals surface area contributed by atoms with Crippen molar-refractivity contribution in [3.63, 3.8) is 0 Å². The second-order valence-electron chi connectivity index (χ2n) is 14.3. The fraction of sp³-hybridized carbons (Fsp3) is 1.00. The van der Waals surface area contributed by atoms with Gasteiger partial charge in [0.1, 0.15) is 0 Å². The van der Waals surface area contributed by atoms with Crippen LogP contribution in [0.4, 0.5) is 17.6 Å². The fourth-order valence-electron chi connectivity index (χ4n) is 10.8. The Morgan fingerprint density at radius 2 is 0.821 bits per heavy atom. The highest BCUT2D eigenvalue weighted by Gasteiger charge is 2.63. The molecule has 0 aromatic carbocycles. The highest BCUT2D eigenvalue weighted by Crippen LogP contribution is 2.66. The topological polar surface area (TPSA) is 118 Å². The number of halogens is 4. The fourth-order valence-corrected chi connectivity index (χ4v) is 11.5. The first-order chi connectivity index (χ1) is 17.9. The Morgan fingerprint density at radius 1 is 0.590 bits per heavy atom. The zero-order chi connectivity index (χ0) is 28.2. The van der Waals surface area contributed by atoms with Gasteiger partial charge in [0.2, 0.25) is 0 Å². The Hall–Kier alpha value is -0.500. The molecule has 7 nitrogen and oxygen atoms in total. The molecule has 8 rings (SSSR count). The summed E-state index contributed by atoms with van der Waals surface area (Å²) in [6.45, 7) is 0. The molecule has 39 heavy (non-hydrogen) atoms. The lowest BCUT2D eigenvalue weighted by atomic mass is 9.47. The van der Waals surface area contributed by atoms with Gasteiger partial charge in [0.05, 0.1) is 25.0 Å². The summed E-state index contributed by atoms with van der Waals surface area (Å²) in [6.07, 6.45) is 3.04. The third-order valence-electron chi connectivity index (χ3n) is 11.5. The first-order valence-corrected chi connectivity index (χ1v) is 17.1. The summed E-state index contributed by atoms with van der Waals surface area (Å²) in [4.78, 5) is 0. The van der Waals surface area contributed by atoms with Gasteiger partial charge in [0, 0.05) is 0 Å². The minimum absolute atomic E-state index is 0.249. The Labute approximate surface area is 227 Å². The lowest BCUT2D eigenvalue weighted by molar-refractivity contribution is -0.227. The molecule has 8 aliphatic carbocycles. The SMILES string of the molecule is O=S(=O)(O)C(F)(F)CC(OC(CC(F)(F)S(=O)(=O)O)C12CC3CC(CC(C3)C1)C2)C12CC3CC(CC(C3)C1)C2. The summed E-state index contributed by atoms with van der Waals surface area (Å²) >= 11 is 0. The van der Waals surface area contributed by atoms with Gasteiger partial charge >= 0.3 is 30.7 Å². The molecule has 0 spiro atoms. The van der Waals surface area contributed by atoms with Crippen LogP contribution in [0.25, 0.3) is 0 Å². The van der Waals surface area contributed by atoms with E-state index < -0.39 is 66.6 Å². The lowest BCUT2D eigenvalue weighted by Crippen LogP contribution is -2.59. The van der Waals surface area contributed by atoms with Crippen LogP contribution in [0.15, 0.2) is 0 Å². The number of alkyl halides is 4. The van der Waals surface area contributed by atoms with Crippen molar-refractivity contribution < 1.29 is 48.2 Å². The summed E-state index contributed by atoms with van der Waals surface area (Å²) in [6, 6.07) is 0. The predicted molar refractivity (Wildman–Crippen MR) is 132 cm³/mol. The highest BCUT2D eigenvalue weighted by atomic mass is 32.2. The molecule has 8 fully saturated rings. The van der Waals surface area contributed by atoms with Crippen molar-refractivity contribution in [2.24, 2.45) is 46.3 Å². The average Bonchev–Trinajstić information content (AvgIpc) is 2.74. The maximum absolute atomic E-state index is 15.0. The number of ether oxygens (including phenoxy) is 1. The Morgan fingerprint density at radius 3 is 1.03 bits per heavy atom. The number of rotatable bonds is 10. The molecule has 0 aromatic rings. The van der Waals surface area contributed by atoms with Crippen LogP contribution in [0.5, 0.6) is 0 Å². The summed E-state index contributed by atoms with van der Waals surface area (Å²) in [7, 11) is -11.6. The van der Waals surface area contributed by atoms with Crippen LogP contribution >= 0.6 is 0 Å². The molecule has 13 heteroatoms. The summed E-state index contributed by atoms with van der Waals surface area (Å²) in [5.41, 5.74) is -1.73. The van der Waals surface area contributed by atoms with Crippen LogP contribution in [0.3, 0.4) is 0 Å². The number of hydrogen-bond donors (Lipinski definition) is 2. The van der Waals surface area contributed by atoms with Crippen LogP contribution in [0, 0.1) is 46.3 Å². The largest absolute Gasteiger partial charge is 0.373 e. The van der Waals surface area contributed by atoms with Gasteiger partial charge in [0.15, 0.2) is 0 Å². The van der Waals surface area contributed by atoms with E-state index in [0.717, 1.165) is 38.5 Å². The Bertz CT molecular complexity index is 1040. The standard InChI is InChI=1S/C26H38F4O7S2/c27-25(28,38(31,32)33)13-21(23-7-15-1-16(8-23)3-17(2-15)9-23)37-22(14-26(29,30)39(34,35)36)24-10-18-4-19(11-24)6-20(5-18)12-24/h15-22H,1-14H2,(H,31,32,33)(H,34,35,36). The molecular formula is C26H38F4O7S2. The van der Waals surface area contributed by atoms with E-state index in [0.29, 0.717) is 38.5 Å². The highest BCUT2D eigenvalue weighted by molar-refractivity contribution is 7.87. The van der Waals surface area contributed by atoms with Gasteiger partial charge < -0.3 is 4.74 Å². The first-order valence-electron chi connectivity index (χ1n) is 14.2. The number of hydrogen-bond acceptors (Lipinski definition) is 5. The summed E-state index contributed by atoms with van der Waals surface area (Å²) in [5.74, 6) is 1.49. The van der Waals surface area contributed by atoms with E-state index in [-0.39, 0.29) is 35.5 Å². The van der Waals surface area contributed by atoms with Crippen LogP contribution in [0.2, 0.25) is 0 Å². The third kappa shape index (κ3) is 4.97. The summed E-state index contributed by atoms with van der Waals surface area (Å²) < 4.78 is 132. The molecule has 8 aliphatic rings. The van der Waals surface area contributed by atoms with E-state index in [2.05, 4.69) is 0 Å². The van der Waals surface area contributed by atoms with E-state index in [1.54, 1.807) is 0 Å². The molecule has 224 valence electrons. The lowest BCUT2D eigenvalue weighted by Gasteiger charge is -2.62. The molecule has 0 aromatic heterocycles. The summed E-state index contributed by atoms with van der Waals surface area (Å²) in [5, 5.41) is -9.11. The van der Waals surface area contributed by atoms with Crippen molar-refractivity contribution >= 4 is 20.2 Å². The molecule has 2 N–H and O–H groups in total. The molecule has 0 saturated heterocycles. The first kappa shape index (κ1) is 28.6. The maximum atomic E-state index is 15.0. The van der Waals surface area contributed by atoms with Crippen LogP contribution in [-0.4, -0.2) is 48.7 Å². The van der Waals surface area contributed by atoms with Crippen molar-refractivity contribution in [1.82, 2.24) is 0 Å².